The van der Waals surface area contributed by atoms with Crippen LogP contribution in [0.4, 0.5) is 5.95 Å². The second kappa shape index (κ2) is 9.82. The summed E-state index contributed by atoms with van der Waals surface area (Å²) in [6.45, 7) is 6.40. The van der Waals surface area contributed by atoms with Crippen LogP contribution in [0, 0.1) is 0 Å². The number of rotatable bonds is 8. The number of H-pyrrole nitrogens is 1. The molecule has 30 heavy (non-hydrogen) atoms. The van der Waals surface area contributed by atoms with Crippen LogP contribution in [0.2, 0.25) is 0 Å². The highest BCUT2D eigenvalue weighted by Crippen LogP contribution is 2.15. The van der Waals surface area contributed by atoms with Crippen molar-refractivity contribution in [3.63, 3.8) is 0 Å². The molecular weight excluding hydrogens is 378 g/mol. The molecule has 0 radical (unpaired) electrons. The van der Waals surface area contributed by atoms with Gasteiger partial charge >= 0.3 is 0 Å². The van der Waals surface area contributed by atoms with E-state index in [4.69, 9.17) is 4.74 Å². The fourth-order valence-electron chi connectivity index (χ4n) is 2.81. The van der Waals surface area contributed by atoms with Gasteiger partial charge in [0.1, 0.15) is 11.4 Å². The zero-order valence-corrected chi connectivity index (χ0v) is 17.6. The highest BCUT2D eigenvalue weighted by molar-refractivity contribution is 5.80. The predicted octanol–water partition coefficient (Wildman–Crippen LogP) is 3.92. The van der Waals surface area contributed by atoms with Gasteiger partial charge in [-0.05, 0) is 48.2 Å². The van der Waals surface area contributed by atoms with Gasteiger partial charge in [0.15, 0.2) is 0 Å². The van der Waals surface area contributed by atoms with E-state index in [9.17, 15) is 4.79 Å². The van der Waals surface area contributed by atoms with Crippen LogP contribution in [-0.2, 0) is 11.8 Å². The maximum Gasteiger partial charge on any atom is 0.274 e. The first kappa shape index (κ1) is 21.2. The number of nitrogens with zero attached hydrogens (tertiary/aromatic N) is 3. The fraction of sp³-hybridized carbons (Fsp3) is 0.304. The van der Waals surface area contributed by atoms with Gasteiger partial charge in [0.05, 0.1) is 12.8 Å². The van der Waals surface area contributed by atoms with Gasteiger partial charge in [-0.2, -0.15) is 5.10 Å². The second-order valence-corrected chi connectivity index (χ2v) is 7.98. The van der Waals surface area contributed by atoms with Crippen molar-refractivity contribution in [2.75, 3.05) is 12.0 Å². The summed E-state index contributed by atoms with van der Waals surface area (Å²) < 4.78 is 5.79. The van der Waals surface area contributed by atoms with Gasteiger partial charge in [-0.15, -0.1) is 10.2 Å². The molecule has 0 saturated heterocycles. The molecule has 2 aromatic carbocycles. The maximum absolute atomic E-state index is 12.1. The summed E-state index contributed by atoms with van der Waals surface area (Å²) in [6.07, 6.45) is 3.60. The zero-order valence-electron chi connectivity index (χ0n) is 17.6. The van der Waals surface area contributed by atoms with Crippen LogP contribution in [0.3, 0.4) is 0 Å². The van der Waals surface area contributed by atoms with E-state index in [2.05, 4.69) is 50.0 Å². The van der Waals surface area contributed by atoms with E-state index >= 15 is 0 Å². The van der Waals surface area contributed by atoms with Crippen molar-refractivity contribution in [1.29, 1.82) is 0 Å². The second-order valence-electron chi connectivity index (χ2n) is 7.98. The van der Waals surface area contributed by atoms with Crippen molar-refractivity contribution < 1.29 is 4.74 Å². The minimum Gasteiger partial charge on any atom is -0.494 e. The van der Waals surface area contributed by atoms with Crippen molar-refractivity contribution >= 4 is 12.2 Å². The summed E-state index contributed by atoms with van der Waals surface area (Å²) in [7, 11) is 0. The Morgan fingerprint density at radius 3 is 2.47 bits per heavy atom. The molecule has 1 heterocycles. The van der Waals surface area contributed by atoms with E-state index in [0.717, 1.165) is 24.2 Å². The van der Waals surface area contributed by atoms with Gasteiger partial charge in [0, 0.05) is 5.41 Å². The molecule has 1 aromatic heterocycles. The van der Waals surface area contributed by atoms with Crippen molar-refractivity contribution in [2.45, 2.75) is 39.0 Å². The molecule has 0 spiro atoms. The predicted molar refractivity (Wildman–Crippen MR) is 119 cm³/mol. The lowest BCUT2D eigenvalue weighted by Crippen LogP contribution is -2.28. The molecule has 0 aliphatic carbocycles. The molecule has 0 unspecified atom stereocenters. The minimum absolute atomic E-state index is 0.197. The number of aromatic nitrogens is 3. The standard InChI is InChI=1S/C23H27N5O2/c1-23(2,3)20-21(29)25-22(28-26-20)27-24-16-18-11-13-19(14-12-18)30-15-7-10-17-8-5-4-6-9-17/h4-6,8-9,11-14,16H,7,10,15H2,1-3H3,(H2,25,27,28,29)/b24-16+. The molecule has 0 fully saturated rings. The molecule has 0 amide bonds. The highest BCUT2D eigenvalue weighted by atomic mass is 16.5. The lowest BCUT2D eigenvalue weighted by Gasteiger charge is -2.15. The summed E-state index contributed by atoms with van der Waals surface area (Å²) >= 11 is 0. The molecule has 3 rings (SSSR count). The summed E-state index contributed by atoms with van der Waals surface area (Å²) in [6, 6.07) is 18.0. The average Bonchev–Trinajstić information content (AvgIpc) is 2.72. The van der Waals surface area contributed by atoms with Gasteiger partial charge in [-0.25, -0.2) is 5.43 Å². The number of aromatic amines is 1. The molecule has 3 aromatic rings. The van der Waals surface area contributed by atoms with E-state index in [-0.39, 0.29) is 16.9 Å². The Bertz CT molecular complexity index is 1020. The molecule has 7 heteroatoms. The first-order chi connectivity index (χ1) is 14.4. The molecule has 156 valence electrons. The first-order valence-corrected chi connectivity index (χ1v) is 9.95. The van der Waals surface area contributed by atoms with E-state index in [1.807, 2.05) is 51.1 Å². The number of hydrogen-bond donors (Lipinski definition) is 2. The number of hydrazone groups is 1. The zero-order chi connectivity index (χ0) is 21.4. The Balaban J connectivity index is 1.46. The molecule has 0 atom stereocenters. The number of hydrogen-bond acceptors (Lipinski definition) is 6. The van der Waals surface area contributed by atoms with Crippen molar-refractivity contribution in [3.05, 3.63) is 81.8 Å². The van der Waals surface area contributed by atoms with Crippen LogP contribution in [-0.4, -0.2) is 28.0 Å². The van der Waals surface area contributed by atoms with Crippen LogP contribution in [0.1, 0.15) is 44.0 Å². The summed E-state index contributed by atoms with van der Waals surface area (Å²) in [4.78, 5) is 14.7. The number of anilines is 1. The third-order valence-electron chi connectivity index (χ3n) is 4.39. The number of benzene rings is 2. The van der Waals surface area contributed by atoms with E-state index in [1.54, 1.807) is 6.21 Å². The summed E-state index contributed by atoms with van der Waals surface area (Å²) in [5, 5.41) is 12.1. The molecular formula is C23H27N5O2. The van der Waals surface area contributed by atoms with Gasteiger partial charge in [-0.1, -0.05) is 51.1 Å². The number of ether oxygens (including phenoxy) is 1. The minimum atomic E-state index is -0.367. The smallest absolute Gasteiger partial charge is 0.274 e. The largest absolute Gasteiger partial charge is 0.494 e. The van der Waals surface area contributed by atoms with Crippen molar-refractivity contribution in [2.24, 2.45) is 5.10 Å². The van der Waals surface area contributed by atoms with Gasteiger partial charge in [0.25, 0.3) is 5.56 Å². The third-order valence-corrected chi connectivity index (χ3v) is 4.39. The molecule has 2 N–H and O–H groups in total. The Kier molecular flexibility index (Phi) is 6.95. The fourth-order valence-corrected chi connectivity index (χ4v) is 2.81. The van der Waals surface area contributed by atoms with Crippen LogP contribution >= 0.6 is 0 Å². The maximum atomic E-state index is 12.1. The molecule has 0 aliphatic heterocycles. The van der Waals surface area contributed by atoms with Crippen LogP contribution in [0.5, 0.6) is 5.75 Å². The number of aryl methyl sites for hydroxylation is 1. The molecule has 0 aliphatic rings. The van der Waals surface area contributed by atoms with E-state index in [1.165, 1.54) is 5.56 Å². The highest BCUT2D eigenvalue weighted by Gasteiger charge is 2.20. The first-order valence-electron chi connectivity index (χ1n) is 9.95. The SMILES string of the molecule is CC(C)(C)c1nnc(N/N=C/c2ccc(OCCCc3ccccc3)cc2)[nH]c1=O. The van der Waals surface area contributed by atoms with Gasteiger partial charge in [-0.3, -0.25) is 9.78 Å². The quantitative estimate of drug-likeness (QED) is 0.337. The molecule has 0 bridgehead atoms. The molecule has 0 saturated carbocycles. The normalized spacial score (nSPS) is 11.6. The summed E-state index contributed by atoms with van der Waals surface area (Å²) in [5.41, 5.74) is 4.65. The van der Waals surface area contributed by atoms with Crippen molar-refractivity contribution in [1.82, 2.24) is 15.2 Å². The van der Waals surface area contributed by atoms with Crippen LogP contribution in [0.25, 0.3) is 0 Å². The number of nitrogens with one attached hydrogen (secondary N) is 2. The lowest BCUT2D eigenvalue weighted by molar-refractivity contribution is 0.311. The Morgan fingerprint density at radius 1 is 1.07 bits per heavy atom. The van der Waals surface area contributed by atoms with Crippen LogP contribution in [0.15, 0.2) is 64.5 Å². The Labute approximate surface area is 176 Å². The lowest BCUT2D eigenvalue weighted by atomic mass is 9.93. The average molecular weight is 406 g/mol. The Hall–Kier alpha value is -3.48. The Morgan fingerprint density at radius 2 is 1.80 bits per heavy atom. The van der Waals surface area contributed by atoms with Crippen LogP contribution < -0.4 is 15.7 Å². The topological polar surface area (TPSA) is 92.3 Å². The van der Waals surface area contributed by atoms with E-state index < -0.39 is 0 Å². The van der Waals surface area contributed by atoms with E-state index in [0.29, 0.717) is 12.3 Å². The van der Waals surface area contributed by atoms with Gasteiger partial charge < -0.3 is 4.74 Å². The summed E-state index contributed by atoms with van der Waals surface area (Å²) in [5.74, 6) is 1.02. The third kappa shape index (κ3) is 6.27. The van der Waals surface area contributed by atoms with Gasteiger partial charge in [0.2, 0.25) is 5.95 Å². The monoisotopic (exact) mass is 405 g/mol. The van der Waals surface area contributed by atoms with Crippen molar-refractivity contribution in [3.8, 4) is 5.75 Å². The molecule has 7 nitrogen and oxygen atoms in total.